The molecule has 0 saturated heterocycles. The quantitative estimate of drug-likeness (QED) is 0.560. The molecule has 0 spiro atoms. The summed E-state index contributed by atoms with van der Waals surface area (Å²) in [6.07, 6.45) is 5.71. The highest BCUT2D eigenvalue weighted by atomic mass is 15.1. The van der Waals surface area contributed by atoms with Crippen LogP contribution >= 0.6 is 0 Å². The number of nitrogens with zero attached hydrogens (tertiary/aromatic N) is 4. The van der Waals surface area contributed by atoms with Gasteiger partial charge in [-0.3, -0.25) is 4.57 Å². The molecule has 114 valence electrons. The molecule has 2 heterocycles. The monoisotopic (exact) mass is 302 g/mol. The third-order valence-electron chi connectivity index (χ3n) is 4.30. The van der Waals surface area contributed by atoms with Gasteiger partial charge in [0.1, 0.15) is 5.82 Å². The first-order chi connectivity index (χ1) is 11.1. The summed E-state index contributed by atoms with van der Waals surface area (Å²) in [7, 11) is 2.01. The number of imidazole rings is 2. The first-order valence-electron chi connectivity index (χ1n) is 7.66. The summed E-state index contributed by atoms with van der Waals surface area (Å²) in [4.78, 5) is 9.04. The molecule has 0 bridgehead atoms. The highest BCUT2D eigenvalue weighted by Gasteiger charge is 2.12. The van der Waals surface area contributed by atoms with E-state index in [4.69, 9.17) is 0 Å². The normalized spacial score (nSPS) is 11.3. The van der Waals surface area contributed by atoms with E-state index in [0.717, 1.165) is 22.4 Å². The van der Waals surface area contributed by atoms with Gasteiger partial charge in [-0.25, -0.2) is 9.97 Å². The minimum absolute atomic E-state index is 0.940. The van der Waals surface area contributed by atoms with Gasteiger partial charge in [0.25, 0.3) is 0 Å². The Labute approximate surface area is 135 Å². The molecule has 0 radical (unpaired) electrons. The Hall–Kier alpha value is -2.88. The number of benzene rings is 2. The average Bonchev–Trinajstić information content (AvgIpc) is 3.14. The maximum atomic E-state index is 4.59. The molecule has 0 aliphatic carbocycles. The van der Waals surface area contributed by atoms with E-state index in [-0.39, 0.29) is 0 Å². The average molecular weight is 302 g/mol. The lowest BCUT2D eigenvalue weighted by molar-refractivity contribution is 0.947. The van der Waals surface area contributed by atoms with Gasteiger partial charge < -0.3 is 4.57 Å². The Kier molecular flexibility index (Phi) is 3.05. The molecule has 2 aromatic heterocycles. The topological polar surface area (TPSA) is 35.6 Å². The van der Waals surface area contributed by atoms with Crippen LogP contribution in [0.1, 0.15) is 11.1 Å². The lowest BCUT2D eigenvalue weighted by atomic mass is 10.1. The molecule has 0 fully saturated rings. The van der Waals surface area contributed by atoms with Crippen LogP contribution in [0.5, 0.6) is 0 Å². The highest BCUT2D eigenvalue weighted by Crippen LogP contribution is 2.27. The van der Waals surface area contributed by atoms with E-state index in [1.54, 1.807) is 0 Å². The van der Waals surface area contributed by atoms with Gasteiger partial charge in [-0.15, -0.1) is 0 Å². The van der Waals surface area contributed by atoms with Crippen LogP contribution in [0.15, 0.2) is 55.1 Å². The van der Waals surface area contributed by atoms with Crippen LogP contribution in [0.2, 0.25) is 0 Å². The fraction of sp³-hybridized carbons (Fsp3) is 0.158. The van der Waals surface area contributed by atoms with E-state index in [0.29, 0.717) is 0 Å². The van der Waals surface area contributed by atoms with Crippen molar-refractivity contribution in [1.29, 1.82) is 0 Å². The van der Waals surface area contributed by atoms with Crippen molar-refractivity contribution in [2.24, 2.45) is 7.05 Å². The van der Waals surface area contributed by atoms with Crippen LogP contribution in [0.25, 0.3) is 28.1 Å². The predicted octanol–water partition coefficient (Wildman–Crippen LogP) is 4.04. The zero-order valence-corrected chi connectivity index (χ0v) is 13.5. The molecule has 4 rings (SSSR count). The number of rotatable bonds is 2. The first-order valence-corrected chi connectivity index (χ1v) is 7.66. The molecule has 0 N–H and O–H groups in total. The standard InChI is InChI=1S/C19H18N4/c1-13-5-4-6-14(2)18(13)23-10-9-20-19(23)15-7-8-17-16(11-15)21-12-22(17)3/h4-12H,1-3H3. The minimum Gasteiger partial charge on any atom is -0.334 e. The number of hydrogen-bond donors (Lipinski definition) is 0. The van der Waals surface area contributed by atoms with Gasteiger partial charge in [0.2, 0.25) is 0 Å². The van der Waals surface area contributed by atoms with E-state index >= 15 is 0 Å². The Morgan fingerprint density at radius 1 is 0.957 bits per heavy atom. The molecule has 0 unspecified atom stereocenters. The van der Waals surface area contributed by atoms with Crippen molar-refractivity contribution in [2.75, 3.05) is 0 Å². The number of para-hydroxylation sites is 1. The Morgan fingerprint density at radius 3 is 2.52 bits per heavy atom. The van der Waals surface area contributed by atoms with Crippen LogP contribution in [0.3, 0.4) is 0 Å². The van der Waals surface area contributed by atoms with Crippen molar-refractivity contribution >= 4 is 11.0 Å². The van der Waals surface area contributed by atoms with E-state index in [9.17, 15) is 0 Å². The third kappa shape index (κ3) is 2.14. The number of fused-ring (bicyclic) bond motifs is 1. The molecule has 0 aliphatic heterocycles. The van der Waals surface area contributed by atoms with Crippen LogP contribution in [-0.4, -0.2) is 19.1 Å². The maximum Gasteiger partial charge on any atom is 0.144 e. The Bertz CT molecular complexity index is 987. The largest absolute Gasteiger partial charge is 0.334 e. The first kappa shape index (κ1) is 13.8. The molecule has 4 nitrogen and oxygen atoms in total. The molecule has 0 aliphatic rings. The van der Waals surface area contributed by atoms with Gasteiger partial charge in [-0.2, -0.15) is 0 Å². The molecule has 0 saturated carbocycles. The fourth-order valence-electron chi connectivity index (χ4n) is 3.16. The van der Waals surface area contributed by atoms with Crippen molar-refractivity contribution in [1.82, 2.24) is 19.1 Å². The third-order valence-corrected chi connectivity index (χ3v) is 4.30. The van der Waals surface area contributed by atoms with E-state index in [1.165, 1.54) is 16.8 Å². The molecule has 4 aromatic rings. The van der Waals surface area contributed by atoms with Crippen LogP contribution in [0, 0.1) is 13.8 Å². The maximum absolute atomic E-state index is 4.59. The summed E-state index contributed by atoms with van der Waals surface area (Å²) in [5, 5.41) is 0. The smallest absolute Gasteiger partial charge is 0.144 e. The molecular formula is C19H18N4. The van der Waals surface area contributed by atoms with Gasteiger partial charge in [-0.1, -0.05) is 18.2 Å². The summed E-state index contributed by atoms with van der Waals surface area (Å²) >= 11 is 0. The number of aromatic nitrogens is 4. The van der Waals surface area contributed by atoms with Crippen molar-refractivity contribution in [2.45, 2.75) is 13.8 Å². The molecule has 23 heavy (non-hydrogen) atoms. The van der Waals surface area contributed by atoms with Gasteiger partial charge in [0, 0.05) is 25.0 Å². The molecular weight excluding hydrogens is 284 g/mol. The van der Waals surface area contributed by atoms with E-state index in [1.807, 2.05) is 30.3 Å². The fourth-order valence-corrected chi connectivity index (χ4v) is 3.16. The molecule has 0 amide bonds. The van der Waals surface area contributed by atoms with Crippen molar-refractivity contribution in [3.8, 4) is 17.1 Å². The van der Waals surface area contributed by atoms with Crippen LogP contribution < -0.4 is 0 Å². The van der Waals surface area contributed by atoms with Crippen molar-refractivity contribution in [3.05, 3.63) is 66.2 Å². The molecule has 0 atom stereocenters. The Morgan fingerprint density at radius 2 is 1.74 bits per heavy atom. The van der Waals surface area contributed by atoms with E-state index < -0.39 is 0 Å². The van der Waals surface area contributed by atoms with Gasteiger partial charge in [0.05, 0.1) is 23.0 Å². The number of hydrogen-bond acceptors (Lipinski definition) is 2. The zero-order valence-electron chi connectivity index (χ0n) is 13.5. The predicted molar refractivity (Wildman–Crippen MR) is 92.7 cm³/mol. The van der Waals surface area contributed by atoms with Crippen LogP contribution in [0.4, 0.5) is 0 Å². The van der Waals surface area contributed by atoms with Crippen molar-refractivity contribution in [3.63, 3.8) is 0 Å². The van der Waals surface area contributed by atoms with Gasteiger partial charge >= 0.3 is 0 Å². The molecule has 2 aromatic carbocycles. The SMILES string of the molecule is Cc1cccc(C)c1-n1ccnc1-c1ccc2c(c1)ncn2C. The highest BCUT2D eigenvalue weighted by molar-refractivity contribution is 5.81. The van der Waals surface area contributed by atoms with Gasteiger partial charge in [0.15, 0.2) is 0 Å². The Balaban J connectivity index is 1.92. The van der Waals surface area contributed by atoms with E-state index in [2.05, 4.69) is 64.8 Å². The summed E-state index contributed by atoms with van der Waals surface area (Å²) < 4.78 is 4.19. The second kappa shape index (κ2) is 5.09. The zero-order chi connectivity index (χ0) is 16.0. The summed E-state index contributed by atoms with van der Waals surface area (Å²) in [5.74, 6) is 0.940. The second-order valence-electron chi connectivity index (χ2n) is 5.92. The van der Waals surface area contributed by atoms with Crippen LogP contribution in [-0.2, 0) is 7.05 Å². The second-order valence-corrected chi connectivity index (χ2v) is 5.92. The lowest BCUT2D eigenvalue weighted by Gasteiger charge is -2.14. The van der Waals surface area contributed by atoms with Gasteiger partial charge in [-0.05, 0) is 43.2 Å². The molecule has 4 heteroatoms. The summed E-state index contributed by atoms with van der Waals surface area (Å²) in [6.45, 7) is 4.27. The lowest BCUT2D eigenvalue weighted by Crippen LogP contribution is -2.01. The summed E-state index contributed by atoms with van der Waals surface area (Å²) in [6, 6.07) is 12.7. The van der Waals surface area contributed by atoms with Crippen molar-refractivity contribution < 1.29 is 0 Å². The summed E-state index contributed by atoms with van der Waals surface area (Å²) in [5.41, 5.74) is 6.86. The minimum atomic E-state index is 0.940. The number of aryl methyl sites for hydroxylation is 3.